The molecule has 0 atom stereocenters. The predicted molar refractivity (Wildman–Crippen MR) is 80.2 cm³/mol. The van der Waals surface area contributed by atoms with Gasteiger partial charge < -0.3 is 10.6 Å². The van der Waals surface area contributed by atoms with Gasteiger partial charge in [0.15, 0.2) is 0 Å². The minimum atomic E-state index is 0. The van der Waals surface area contributed by atoms with E-state index in [1.165, 1.54) is 0 Å². The summed E-state index contributed by atoms with van der Waals surface area (Å²) in [5.41, 5.74) is 3.32. The number of nitrogens with one attached hydrogen (secondary N) is 2. The highest BCUT2D eigenvalue weighted by Gasteiger charge is 1.93. The number of hydrogen-bond acceptors (Lipinski definition) is 2. The van der Waals surface area contributed by atoms with Crippen molar-refractivity contribution in [3.8, 4) is 0 Å². The van der Waals surface area contributed by atoms with Gasteiger partial charge in [-0.3, -0.25) is 0 Å². The zero-order chi connectivity index (χ0) is 10.5. The first-order valence-electron chi connectivity index (χ1n) is 4.98. The minimum Gasteiger partial charge on any atom is -0.388 e. The molecule has 17 heavy (non-hydrogen) atoms. The van der Waals surface area contributed by atoms with Crippen molar-refractivity contribution in [2.75, 3.05) is 17.7 Å². The molecule has 2 aromatic rings. The van der Waals surface area contributed by atoms with Gasteiger partial charge in [0.2, 0.25) is 0 Å². The molecular formula is C13H16Cl2N2. The standard InChI is InChI=1S/C13H14N2.2ClH/c1-14-11-7-9-13(10-8-11)15-12-5-3-2-4-6-12;;/h2-10,14-15H,1H3;2*1H. The second-order valence-electron chi connectivity index (χ2n) is 3.32. The summed E-state index contributed by atoms with van der Waals surface area (Å²) in [6, 6.07) is 18.3. The molecule has 0 aliphatic rings. The van der Waals surface area contributed by atoms with Gasteiger partial charge >= 0.3 is 0 Å². The first-order valence-corrected chi connectivity index (χ1v) is 4.98. The van der Waals surface area contributed by atoms with Crippen LogP contribution < -0.4 is 10.6 Å². The molecule has 0 radical (unpaired) electrons. The summed E-state index contributed by atoms with van der Waals surface area (Å²) in [6.45, 7) is 0. The average molecular weight is 271 g/mol. The molecule has 0 saturated carbocycles. The van der Waals surface area contributed by atoms with E-state index in [1.807, 2.05) is 49.5 Å². The predicted octanol–water partition coefficient (Wildman–Crippen LogP) is 4.32. The van der Waals surface area contributed by atoms with E-state index in [4.69, 9.17) is 0 Å². The van der Waals surface area contributed by atoms with Crippen LogP contribution in [0, 0.1) is 0 Å². The summed E-state index contributed by atoms with van der Waals surface area (Å²) in [6.07, 6.45) is 0. The molecule has 0 aromatic heterocycles. The minimum absolute atomic E-state index is 0. The van der Waals surface area contributed by atoms with E-state index in [-0.39, 0.29) is 24.8 Å². The van der Waals surface area contributed by atoms with Crippen LogP contribution in [0.15, 0.2) is 54.6 Å². The fraction of sp³-hybridized carbons (Fsp3) is 0.0769. The van der Waals surface area contributed by atoms with E-state index in [2.05, 4.69) is 22.8 Å². The Morgan fingerprint density at radius 3 is 1.65 bits per heavy atom. The highest BCUT2D eigenvalue weighted by Crippen LogP contribution is 2.17. The quantitative estimate of drug-likeness (QED) is 0.868. The zero-order valence-corrected chi connectivity index (χ0v) is 11.1. The number of para-hydroxylation sites is 1. The molecule has 4 heteroatoms. The van der Waals surface area contributed by atoms with Gasteiger partial charge in [0.1, 0.15) is 0 Å². The van der Waals surface area contributed by atoms with Crippen LogP contribution in [0.5, 0.6) is 0 Å². The molecule has 0 saturated heterocycles. The van der Waals surface area contributed by atoms with Gasteiger partial charge in [-0.15, -0.1) is 24.8 Å². The van der Waals surface area contributed by atoms with Gasteiger partial charge in [0.05, 0.1) is 0 Å². The molecule has 0 bridgehead atoms. The topological polar surface area (TPSA) is 24.1 Å². The third-order valence-electron chi connectivity index (χ3n) is 2.24. The van der Waals surface area contributed by atoms with Crippen LogP contribution in [-0.2, 0) is 0 Å². The van der Waals surface area contributed by atoms with Gasteiger partial charge in [-0.05, 0) is 36.4 Å². The Kier molecular flexibility index (Phi) is 7.19. The van der Waals surface area contributed by atoms with Crippen LogP contribution in [0.25, 0.3) is 0 Å². The Hall–Kier alpha value is -1.38. The zero-order valence-electron chi connectivity index (χ0n) is 9.51. The number of halogens is 2. The summed E-state index contributed by atoms with van der Waals surface area (Å²) < 4.78 is 0. The third kappa shape index (κ3) is 4.55. The molecule has 0 unspecified atom stereocenters. The highest BCUT2D eigenvalue weighted by atomic mass is 35.5. The molecule has 2 rings (SSSR count). The molecule has 2 N–H and O–H groups in total. The monoisotopic (exact) mass is 270 g/mol. The maximum Gasteiger partial charge on any atom is 0.0385 e. The van der Waals surface area contributed by atoms with E-state index in [9.17, 15) is 0 Å². The van der Waals surface area contributed by atoms with Crippen LogP contribution in [-0.4, -0.2) is 7.05 Å². The lowest BCUT2D eigenvalue weighted by Gasteiger charge is -2.06. The Morgan fingerprint density at radius 2 is 1.12 bits per heavy atom. The molecule has 0 spiro atoms. The van der Waals surface area contributed by atoms with Crippen molar-refractivity contribution in [3.63, 3.8) is 0 Å². The summed E-state index contributed by atoms with van der Waals surface area (Å²) in [7, 11) is 1.92. The second kappa shape index (κ2) is 7.82. The molecule has 0 aliphatic carbocycles. The SMILES string of the molecule is CNc1ccc(Nc2ccccc2)cc1.Cl.Cl. The smallest absolute Gasteiger partial charge is 0.0385 e. The van der Waals surface area contributed by atoms with Crippen molar-refractivity contribution in [1.29, 1.82) is 0 Å². The number of benzene rings is 2. The molecule has 0 aliphatic heterocycles. The average Bonchev–Trinajstić information content (AvgIpc) is 2.31. The lowest BCUT2D eigenvalue weighted by molar-refractivity contribution is 1.49. The molecule has 0 heterocycles. The highest BCUT2D eigenvalue weighted by molar-refractivity contribution is 5.85. The molecule has 2 aromatic carbocycles. The summed E-state index contributed by atoms with van der Waals surface area (Å²) in [5, 5.41) is 6.42. The van der Waals surface area contributed by atoms with Crippen LogP contribution in [0.2, 0.25) is 0 Å². The summed E-state index contributed by atoms with van der Waals surface area (Å²) in [4.78, 5) is 0. The van der Waals surface area contributed by atoms with Crippen molar-refractivity contribution in [2.24, 2.45) is 0 Å². The fourth-order valence-corrected chi connectivity index (χ4v) is 1.41. The van der Waals surface area contributed by atoms with Crippen molar-refractivity contribution in [1.82, 2.24) is 0 Å². The van der Waals surface area contributed by atoms with Gasteiger partial charge in [0.25, 0.3) is 0 Å². The molecule has 92 valence electrons. The van der Waals surface area contributed by atoms with Gasteiger partial charge in [-0.1, -0.05) is 18.2 Å². The first kappa shape index (κ1) is 15.6. The number of anilines is 3. The van der Waals surface area contributed by atoms with Gasteiger partial charge in [-0.25, -0.2) is 0 Å². The van der Waals surface area contributed by atoms with Crippen molar-refractivity contribution < 1.29 is 0 Å². The molecule has 0 fully saturated rings. The maximum absolute atomic E-state index is 3.33. The molecule has 2 nitrogen and oxygen atoms in total. The fourth-order valence-electron chi connectivity index (χ4n) is 1.41. The Labute approximate surface area is 114 Å². The maximum atomic E-state index is 3.33. The van der Waals surface area contributed by atoms with Crippen molar-refractivity contribution in [3.05, 3.63) is 54.6 Å². The molecule has 0 amide bonds. The van der Waals surface area contributed by atoms with E-state index < -0.39 is 0 Å². The van der Waals surface area contributed by atoms with Crippen LogP contribution in [0.4, 0.5) is 17.1 Å². The van der Waals surface area contributed by atoms with E-state index in [1.54, 1.807) is 0 Å². The summed E-state index contributed by atoms with van der Waals surface area (Å²) in [5.74, 6) is 0. The summed E-state index contributed by atoms with van der Waals surface area (Å²) >= 11 is 0. The normalized spacial score (nSPS) is 8.53. The Bertz CT molecular complexity index is 415. The van der Waals surface area contributed by atoms with Crippen LogP contribution in [0.3, 0.4) is 0 Å². The number of hydrogen-bond donors (Lipinski definition) is 2. The Morgan fingerprint density at radius 1 is 0.647 bits per heavy atom. The van der Waals surface area contributed by atoms with Crippen LogP contribution in [0.1, 0.15) is 0 Å². The third-order valence-corrected chi connectivity index (χ3v) is 2.24. The lowest BCUT2D eigenvalue weighted by atomic mass is 10.2. The van der Waals surface area contributed by atoms with Gasteiger partial charge in [0, 0.05) is 24.1 Å². The number of rotatable bonds is 3. The van der Waals surface area contributed by atoms with Crippen molar-refractivity contribution in [2.45, 2.75) is 0 Å². The van der Waals surface area contributed by atoms with E-state index >= 15 is 0 Å². The van der Waals surface area contributed by atoms with Crippen molar-refractivity contribution >= 4 is 41.9 Å². The molecular weight excluding hydrogens is 255 g/mol. The van der Waals surface area contributed by atoms with E-state index in [0.29, 0.717) is 0 Å². The Balaban J connectivity index is 0.00000128. The van der Waals surface area contributed by atoms with Crippen LogP contribution >= 0.6 is 24.8 Å². The van der Waals surface area contributed by atoms with E-state index in [0.717, 1.165) is 17.1 Å². The van der Waals surface area contributed by atoms with Gasteiger partial charge in [-0.2, -0.15) is 0 Å². The first-order chi connectivity index (χ1) is 7.38. The second-order valence-corrected chi connectivity index (χ2v) is 3.32. The largest absolute Gasteiger partial charge is 0.388 e. The lowest BCUT2D eigenvalue weighted by Crippen LogP contribution is -1.91.